The quantitative estimate of drug-likeness (QED) is 0.140. The molecule has 3 aromatic carbocycles. The molecule has 3 N–H and O–H groups in total. The fourth-order valence-electron chi connectivity index (χ4n) is 5.21. The molecule has 0 spiro atoms. The first kappa shape index (κ1) is 32.8. The number of aryl methyl sites for hydroxylation is 1. The smallest absolute Gasteiger partial charge is 0.303 e. The maximum Gasteiger partial charge on any atom is 0.303 e. The molecule has 1 aromatic heterocycles. The van der Waals surface area contributed by atoms with Crippen molar-refractivity contribution in [2.24, 2.45) is 5.92 Å². The van der Waals surface area contributed by atoms with Crippen LogP contribution in [0, 0.1) is 12.8 Å². The van der Waals surface area contributed by atoms with Gasteiger partial charge in [0, 0.05) is 36.6 Å². The minimum Gasteiger partial charge on any atom is -0.481 e. The number of aliphatic hydroxyl groups excluding tert-OH is 1. The molecule has 1 aliphatic rings. The molecule has 0 aliphatic carbocycles. The number of nitrogens with zero attached hydrogens (tertiary/aromatic N) is 2. The van der Waals surface area contributed by atoms with Crippen molar-refractivity contribution >= 4 is 35.0 Å². The van der Waals surface area contributed by atoms with E-state index in [1.54, 1.807) is 23.1 Å². The number of carboxylic acids is 1. The Kier molecular flexibility index (Phi) is 11.4. The molecular formula is C34H37N3O6S2. The molecule has 236 valence electrons. The van der Waals surface area contributed by atoms with Gasteiger partial charge in [-0.3, -0.25) is 9.59 Å². The summed E-state index contributed by atoms with van der Waals surface area (Å²) in [5.74, 6) is -0.313. The van der Waals surface area contributed by atoms with Gasteiger partial charge in [0.1, 0.15) is 5.01 Å². The SMILES string of the molecule is Cc1nnc(SCC2OC(c3cccc(-c4cccc(CNC(=O)CCCC(=O)O)c4)c3)OC(c3ccc(CO)cc3)C2C)s1. The molecule has 9 nitrogen and oxygen atoms in total. The first-order valence-electron chi connectivity index (χ1n) is 14.9. The molecule has 4 atom stereocenters. The molecule has 1 fully saturated rings. The predicted molar refractivity (Wildman–Crippen MR) is 174 cm³/mol. The number of rotatable bonds is 13. The summed E-state index contributed by atoms with van der Waals surface area (Å²) >= 11 is 3.21. The highest BCUT2D eigenvalue weighted by molar-refractivity contribution is 8.01. The third-order valence-corrected chi connectivity index (χ3v) is 9.77. The van der Waals surface area contributed by atoms with E-state index in [1.807, 2.05) is 73.7 Å². The zero-order valence-electron chi connectivity index (χ0n) is 25.2. The Labute approximate surface area is 271 Å². The van der Waals surface area contributed by atoms with Gasteiger partial charge in [-0.05, 0) is 53.3 Å². The highest BCUT2D eigenvalue weighted by atomic mass is 32.2. The van der Waals surface area contributed by atoms with Gasteiger partial charge in [0.15, 0.2) is 10.6 Å². The zero-order valence-corrected chi connectivity index (χ0v) is 26.9. The number of carbonyl (C=O) groups excluding carboxylic acids is 1. The van der Waals surface area contributed by atoms with E-state index in [2.05, 4.69) is 28.5 Å². The third kappa shape index (κ3) is 8.99. The van der Waals surface area contributed by atoms with Gasteiger partial charge in [0.2, 0.25) is 5.91 Å². The lowest BCUT2D eigenvalue weighted by Gasteiger charge is -2.41. The van der Waals surface area contributed by atoms with Crippen molar-refractivity contribution in [1.82, 2.24) is 15.5 Å². The zero-order chi connectivity index (χ0) is 31.8. The number of aromatic nitrogens is 2. The van der Waals surface area contributed by atoms with Gasteiger partial charge in [-0.1, -0.05) is 90.7 Å². The van der Waals surface area contributed by atoms with Gasteiger partial charge >= 0.3 is 5.97 Å². The summed E-state index contributed by atoms with van der Waals surface area (Å²) < 4.78 is 14.2. The number of aliphatic carboxylic acids is 1. The number of benzene rings is 3. The van der Waals surface area contributed by atoms with E-state index in [1.165, 1.54) is 0 Å². The minimum atomic E-state index is -0.902. The van der Waals surface area contributed by atoms with Crippen LogP contribution in [-0.2, 0) is 32.2 Å². The van der Waals surface area contributed by atoms with E-state index in [0.717, 1.165) is 42.7 Å². The molecule has 0 bridgehead atoms. The summed E-state index contributed by atoms with van der Waals surface area (Å²) in [6.45, 7) is 4.43. The van der Waals surface area contributed by atoms with Gasteiger partial charge in [-0.15, -0.1) is 10.2 Å². The van der Waals surface area contributed by atoms with E-state index in [-0.39, 0.29) is 43.5 Å². The number of carboxylic acid groups (broad SMARTS) is 1. The molecule has 1 amide bonds. The summed E-state index contributed by atoms with van der Waals surface area (Å²) in [5, 5.41) is 30.6. The van der Waals surface area contributed by atoms with E-state index in [0.29, 0.717) is 18.7 Å². The molecule has 11 heteroatoms. The lowest BCUT2D eigenvalue weighted by atomic mass is 9.91. The summed E-state index contributed by atoms with van der Waals surface area (Å²) in [4.78, 5) is 22.9. The number of thioether (sulfide) groups is 1. The predicted octanol–water partition coefficient (Wildman–Crippen LogP) is 6.46. The molecule has 1 aliphatic heterocycles. The van der Waals surface area contributed by atoms with Crippen molar-refractivity contribution in [3.05, 3.63) is 100 Å². The lowest BCUT2D eigenvalue weighted by molar-refractivity contribution is -0.268. The summed E-state index contributed by atoms with van der Waals surface area (Å²) in [5.41, 5.74) is 5.71. The second kappa shape index (κ2) is 15.6. The summed E-state index contributed by atoms with van der Waals surface area (Å²) in [6.07, 6.45) is -0.463. The number of carbonyl (C=O) groups is 2. The van der Waals surface area contributed by atoms with Crippen molar-refractivity contribution in [3.8, 4) is 11.1 Å². The Morgan fingerprint density at radius 1 is 0.933 bits per heavy atom. The number of hydrogen-bond acceptors (Lipinski definition) is 9. The Balaban J connectivity index is 1.33. The second-order valence-electron chi connectivity index (χ2n) is 11.1. The molecule has 45 heavy (non-hydrogen) atoms. The van der Waals surface area contributed by atoms with Crippen molar-refractivity contribution in [3.63, 3.8) is 0 Å². The van der Waals surface area contributed by atoms with Crippen molar-refractivity contribution in [1.29, 1.82) is 0 Å². The van der Waals surface area contributed by atoms with Crippen molar-refractivity contribution < 1.29 is 29.3 Å². The molecule has 5 rings (SSSR count). The molecule has 4 unspecified atom stereocenters. The topological polar surface area (TPSA) is 131 Å². The minimum absolute atomic E-state index is 0.0131. The second-order valence-corrected chi connectivity index (χ2v) is 13.5. The standard InChI is InChI=1S/C34H37N3O6S2/c1-21-29(20-44-34-37-36-22(2)45-34)42-33(43-32(21)25-14-12-23(19-38)13-15-25)28-9-4-8-27(17-28)26-7-3-6-24(16-26)18-35-30(39)10-5-11-31(40)41/h3-4,6-9,12-17,21,29,32-33,38H,5,10-11,18-20H2,1-2H3,(H,35,39)(H,40,41). The average molecular weight is 648 g/mol. The molecular weight excluding hydrogens is 611 g/mol. The number of ether oxygens (including phenoxy) is 2. The molecule has 0 saturated carbocycles. The fourth-order valence-corrected chi connectivity index (χ4v) is 7.22. The van der Waals surface area contributed by atoms with Gasteiger partial charge < -0.3 is 25.0 Å². The van der Waals surface area contributed by atoms with Crippen LogP contribution >= 0.6 is 23.1 Å². The first-order chi connectivity index (χ1) is 21.8. The van der Waals surface area contributed by atoms with Crippen LogP contribution in [0.15, 0.2) is 77.1 Å². The summed E-state index contributed by atoms with van der Waals surface area (Å²) in [7, 11) is 0. The van der Waals surface area contributed by atoms with E-state index in [4.69, 9.17) is 14.6 Å². The van der Waals surface area contributed by atoms with Crippen LogP contribution in [0.25, 0.3) is 11.1 Å². The van der Waals surface area contributed by atoms with Crippen LogP contribution in [0.1, 0.15) is 65.8 Å². The number of hydrogen-bond donors (Lipinski definition) is 3. The third-order valence-electron chi connectivity index (χ3n) is 7.71. The first-order valence-corrected chi connectivity index (χ1v) is 16.7. The fraction of sp³-hybridized carbons (Fsp3) is 0.353. The van der Waals surface area contributed by atoms with Crippen LogP contribution in [0.4, 0.5) is 0 Å². The maximum absolute atomic E-state index is 12.2. The Morgan fingerprint density at radius 2 is 1.69 bits per heavy atom. The van der Waals surface area contributed by atoms with Gasteiger partial charge in [0.25, 0.3) is 0 Å². The van der Waals surface area contributed by atoms with E-state index < -0.39 is 12.3 Å². The van der Waals surface area contributed by atoms with Crippen LogP contribution in [0.2, 0.25) is 0 Å². The monoisotopic (exact) mass is 647 g/mol. The largest absolute Gasteiger partial charge is 0.481 e. The van der Waals surface area contributed by atoms with Crippen LogP contribution in [0.5, 0.6) is 0 Å². The molecule has 2 heterocycles. The molecule has 4 aromatic rings. The normalized spacial score (nSPS) is 19.7. The Morgan fingerprint density at radius 3 is 2.40 bits per heavy atom. The maximum atomic E-state index is 12.2. The number of nitrogens with one attached hydrogen (secondary N) is 1. The number of aliphatic hydroxyl groups is 1. The average Bonchev–Trinajstić information content (AvgIpc) is 3.48. The Hall–Kier alpha value is -3.61. The van der Waals surface area contributed by atoms with Gasteiger partial charge in [-0.2, -0.15) is 0 Å². The number of amides is 1. The van der Waals surface area contributed by atoms with E-state index in [9.17, 15) is 14.7 Å². The lowest BCUT2D eigenvalue weighted by Crippen LogP contribution is -2.38. The van der Waals surface area contributed by atoms with Crippen molar-refractivity contribution in [2.75, 3.05) is 5.75 Å². The van der Waals surface area contributed by atoms with Crippen LogP contribution in [0.3, 0.4) is 0 Å². The summed E-state index contributed by atoms with van der Waals surface area (Å²) in [6, 6.07) is 24.0. The van der Waals surface area contributed by atoms with Crippen LogP contribution in [-0.4, -0.2) is 44.1 Å². The molecule has 0 radical (unpaired) electrons. The van der Waals surface area contributed by atoms with Gasteiger partial charge in [-0.25, -0.2) is 0 Å². The van der Waals surface area contributed by atoms with Gasteiger partial charge in [0.05, 0.1) is 18.8 Å². The Bertz CT molecular complexity index is 1590. The van der Waals surface area contributed by atoms with Crippen molar-refractivity contribution in [2.45, 2.75) is 69.1 Å². The van der Waals surface area contributed by atoms with E-state index >= 15 is 0 Å². The highest BCUT2D eigenvalue weighted by Crippen LogP contribution is 2.43. The molecule has 1 saturated heterocycles. The highest BCUT2D eigenvalue weighted by Gasteiger charge is 2.38. The van der Waals surface area contributed by atoms with Crippen LogP contribution < -0.4 is 5.32 Å².